The molecule has 0 aliphatic carbocycles. The zero-order valence-electron chi connectivity index (χ0n) is 17.4. The number of rotatable bonds is 5. The number of nitrogens with zero attached hydrogens (tertiary/aromatic N) is 4. The van der Waals surface area contributed by atoms with Crippen molar-refractivity contribution < 1.29 is 13.2 Å². The number of sulfone groups is 1. The molecule has 2 aromatic heterocycles. The zero-order chi connectivity index (χ0) is 22.0. The number of hydrogen-bond donors (Lipinski definition) is 0. The van der Waals surface area contributed by atoms with Gasteiger partial charge in [0.1, 0.15) is 11.9 Å². The fourth-order valence-corrected chi connectivity index (χ4v) is 4.19. The number of aromatic nitrogens is 3. The largest absolute Gasteiger partial charge is 0.490 e. The van der Waals surface area contributed by atoms with Gasteiger partial charge in [0.05, 0.1) is 4.90 Å². The molecule has 162 valence electrons. The maximum atomic E-state index is 12.6. The molecular formula is C22H24N4O4S. The molecule has 3 heterocycles. The van der Waals surface area contributed by atoms with Crippen molar-refractivity contribution >= 4 is 15.8 Å². The van der Waals surface area contributed by atoms with Gasteiger partial charge >= 0.3 is 0 Å². The molecule has 0 spiro atoms. The van der Waals surface area contributed by atoms with E-state index >= 15 is 0 Å². The Morgan fingerprint density at radius 3 is 2.39 bits per heavy atom. The Kier molecular flexibility index (Phi) is 5.77. The highest BCUT2D eigenvalue weighted by atomic mass is 32.2. The fourth-order valence-electron chi connectivity index (χ4n) is 3.56. The lowest BCUT2D eigenvalue weighted by atomic mass is 10.1. The number of anilines is 1. The van der Waals surface area contributed by atoms with Crippen LogP contribution in [0.1, 0.15) is 18.5 Å². The van der Waals surface area contributed by atoms with Gasteiger partial charge in [-0.15, -0.1) is 0 Å². The van der Waals surface area contributed by atoms with Crippen molar-refractivity contribution in [1.29, 1.82) is 0 Å². The first-order valence-corrected chi connectivity index (χ1v) is 11.9. The van der Waals surface area contributed by atoms with Crippen LogP contribution in [0.3, 0.4) is 0 Å². The molecule has 1 aliphatic heterocycles. The van der Waals surface area contributed by atoms with Crippen LogP contribution in [-0.2, 0) is 9.84 Å². The van der Waals surface area contributed by atoms with Crippen molar-refractivity contribution in [2.24, 2.45) is 0 Å². The number of ether oxygens (including phenoxy) is 1. The molecule has 1 fully saturated rings. The Bertz CT molecular complexity index is 1230. The molecule has 1 aromatic carbocycles. The van der Waals surface area contributed by atoms with E-state index in [-0.39, 0.29) is 16.6 Å². The van der Waals surface area contributed by atoms with Crippen LogP contribution in [0.2, 0.25) is 0 Å². The van der Waals surface area contributed by atoms with Crippen molar-refractivity contribution in [1.82, 2.24) is 14.5 Å². The maximum Gasteiger partial charge on any atom is 0.258 e. The van der Waals surface area contributed by atoms with E-state index in [1.54, 1.807) is 30.6 Å². The summed E-state index contributed by atoms with van der Waals surface area (Å²) < 4.78 is 30.7. The summed E-state index contributed by atoms with van der Waals surface area (Å²) in [6, 6.07) is 11.3. The van der Waals surface area contributed by atoms with Gasteiger partial charge in [-0.1, -0.05) is 0 Å². The summed E-state index contributed by atoms with van der Waals surface area (Å²) in [4.78, 5) is 23.7. The van der Waals surface area contributed by atoms with Crippen LogP contribution in [0.5, 0.6) is 5.75 Å². The minimum atomic E-state index is -3.28. The van der Waals surface area contributed by atoms with E-state index in [0.717, 1.165) is 43.8 Å². The van der Waals surface area contributed by atoms with Gasteiger partial charge in [0.15, 0.2) is 9.84 Å². The first kappa shape index (κ1) is 21.0. The van der Waals surface area contributed by atoms with E-state index in [9.17, 15) is 13.2 Å². The van der Waals surface area contributed by atoms with Crippen LogP contribution in [-0.4, -0.2) is 48.4 Å². The van der Waals surface area contributed by atoms with Gasteiger partial charge in [-0.05, 0) is 43.3 Å². The Balaban J connectivity index is 1.41. The number of hydrogen-bond acceptors (Lipinski definition) is 7. The topological polar surface area (TPSA) is 94.4 Å². The fraction of sp³-hybridized carbons (Fsp3) is 0.318. The third-order valence-corrected chi connectivity index (χ3v) is 6.37. The van der Waals surface area contributed by atoms with Crippen molar-refractivity contribution in [3.8, 4) is 11.4 Å². The molecule has 0 atom stereocenters. The monoisotopic (exact) mass is 440 g/mol. The van der Waals surface area contributed by atoms with Gasteiger partial charge in [-0.2, -0.15) is 0 Å². The summed E-state index contributed by atoms with van der Waals surface area (Å²) >= 11 is 0. The van der Waals surface area contributed by atoms with Crippen molar-refractivity contribution in [3.63, 3.8) is 0 Å². The second kappa shape index (κ2) is 8.50. The third-order valence-electron chi connectivity index (χ3n) is 5.24. The highest BCUT2D eigenvalue weighted by Crippen LogP contribution is 2.21. The molecule has 0 radical (unpaired) electrons. The lowest BCUT2D eigenvalue weighted by Crippen LogP contribution is -2.39. The maximum absolute atomic E-state index is 12.6. The van der Waals surface area contributed by atoms with Crippen LogP contribution in [0, 0.1) is 6.92 Å². The van der Waals surface area contributed by atoms with Crippen LogP contribution in [0.4, 0.5) is 5.95 Å². The highest BCUT2D eigenvalue weighted by molar-refractivity contribution is 7.90. The van der Waals surface area contributed by atoms with Gasteiger partial charge in [0.25, 0.3) is 5.56 Å². The average Bonchev–Trinajstić information content (AvgIpc) is 2.74. The quantitative estimate of drug-likeness (QED) is 0.601. The molecule has 31 heavy (non-hydrogen) atoms. The smallest absolute Gasteiger partial charge is 0.258 e. The second-order valence-electron chi connectivity index (χ2n) is 7.64. The van der Waals surface area contributed by atoms with Crippen LogP contribution in [0.15, 0.2) is 64.5 Å². The standard InChI is InChI=1S/C22H24N4O4S/c1-16-7-11-23-22(24-16)25-12-8-18(9-13-25)30-19-10-14-26(21(27)15-19)17-3-5-20(6-4-17)31(2,28)29/h3-7,10-11,14-15,18H,8-9,12-13H2,1-2H3. The van der Waals surface area contributed by atoms with Crippen LogP contribution < -0.4 is 15.2 Å². The summed E-state index contributed by atoms with van der Waals surface area (Å²) in [5.74, 6) is 1.27. The molecule has 0 N–H and O–H groups in total. The van der Waals surface area contributed by atoms with Crippen LogP contribution in [0.25, 0.3) is 5.69 Å². The second-order valence-corrected chi connectivity index (χ2v) is 9.65. The molecule has 1 saturated heterocycles. The van der Waals surface area contributed by atoms with E-state index in [1.807, 2.05) is 13.0 Å². The number of aryl methyl sites for hydroxylation is 1. The van der Waals surface area contributed by atoms with E-state index in [0.29, 0.717) is 11.4 Å². The minimum Gasteiger partial charge on any atom is -0.490 e. The summed E-state index contributed by atoms with van der Waals surface area (Å²) in [6.45, 7) is 3.53. The summed E-state index contributed by atoms with van der Waals surface area (Å²) in [5, 5.41) is 0. The Morgan fingerprint density at radius 2 is 1.77 bits per heavy atom. The summed E-state index contributed by atoms with van der Waals surface area (Å²) in [6.07, 6.45) is 6.21. The van der Waals surface area contributed by atoms with Crippen molar-refractivity contribution in [2.75, 3.05) is 24.2 Å². The van der Waals surface area contributed by atoms with Crippen molar-refractivity contribution in [3.05, 3.63) is 70.9 Å². The van der Waals surface area contributed by atoms with E-state index in [1.165, 1.54) is 22.8 Å². The normalized spacial score (nSPS) is 15.1. The lowest BCUT2D eigenvalue weighted by molar-refractivity contribution is 0.170. The summed E-state index contributed by atoms with van der Waals surface area (Å²) in [5.41, 5.74) is 1.29. The van der Waals surface area contributed by atoms with E-state index in [2.05, 4.69) is 14.9 Å². The third kappa shape index (κ3) is 4.93. The molecular weight excluding hydrogens is 416 g/mol. The molecule has 1 aliphatic rings. The zero-order valence-corrected chi connectivity index (χ0v) is 18.2. The highest BCUT2D eigenvalue weighted by Gasteiger charge is 2.22. The van der Waals surface area contributed by atoms with Crippen LogP contribution >= 0.6 is 0 Å². The number of piperidine rings is 1. The van der Waals surface area contributed by atoms with E-state index in [4.69, 9.17) is 4.74 Å². The SMILES string of the molecule is Cc1ccnc(N2CCC(Oc3ccn(-c4ccc(S(C)(=O)=O)cc4)c(=O)c3)CC2)n1. The van der Waals surface area contributed by atoms with Gasteiger partial charge in [0.2, 0.25) is 5.95 Å². The molecule has 0 saturated carbocycles. The Morgan fingerprint density at radius 1 is 1.06 bits per heavy atom. The number of benzene rings is 1. The van der Waals surface area contributed by atoms with E-state index < -0.39 is 9.84 Å². The molecule has 0 unspecified atom stereocenters. The van der Waals surface area contributed by atoms with Gasteiger partial charge in [-0.25, -0.2) is 18.4 Å². The molecule has 8 nitrogen and oxygen atoms in total. The average molecular weight is 441 g/mol. The lowest BCUT2D eigenvalue weighted by Gasteiger charge is -2.32. The van der Waals surface area contributed by atoms with Gasteiger partial charge in [-0.3, -0.25) is 9.36 Å². The Labute approximate surface area is 181 Å². The predicted molar refractivity (Wildman–Crippen MR) is 118 cm³/mol. The minimum absolute atomic E-state index is 0.0188. The molecule has 0 bridgehead atoms. The van der Waals surface area contributed by atoms with Gasteiger partial charge < -0.3 is 9.64 Å². The molecule has 4 rings (SSSR count). The first-order chi connectivity index (χ1) is 14.8. The van der Waals surface area contributed by atoms with Gasteiger partial charge in [0, 0.05) is 62.0 Å². The molecule has 3 aromatic rings. The predicted octanol–water partition coefficient (Wildman–Crippen LogP) is 2.39. The Hall–Kier alpha value is -3.20. The molecule has 0 amide bonds. The summed E-state index contributed by atoms with van der Waals surface area (Å²) in [7, 11) is -3.28. The number of pyridine rings is 1. The van der Waals surface area contributed by atoms with Crippen molar-refractivity contribution in [2.45, 2.75) is 30.8 Å². The molecule has 9 heteroatoms. The first-order valence-electron chi connectivity index (χ1n) is 10.0.